The lowest BCUT2D eigenvalue weighted by Gasteiger charge is -2.24. The average molecular weight is 369 g/mol. The van der Waals surface area contributed by atoms with Gasteiger partial charge in [-0.15, -0.1) is 0 Å². The first kappa shape index (κ1) is 18.4. The highest BCUT2D eigenvalue weighted by atomic mass is 35.5. The largest absolute Gasteiger partial charge is 0.478 e. The SMILES string of the molecule is Cc1cc(S(=O)(=O)N(C)C(C)c2ccccn2)cc(C(=O)O)c1Cl. The standard InChI is InChI=1S/C16H17ClN2O4S/c1-10-8-12(9-13(15(10)17)16(20)21)24(22,23)19(3)11(2)14-6-4-5-7-18-14/h4-9,11H,1-3H3,(H,20,21). The number of hydrogen-bond acceptors (Lipinski definition) is 4. The van der Waals surface area contributed by atoms with E-state index in [1.54, 1.807) is 38.2 Å². The Hall–Kier alpha value is -1.96. The van der Waals surface area contributed by atoms with E-state index in [1.165, 1.54) is 13.1 Å². The van der Waals surface area contributed by atoms with Crippen LogP contribution in [0.15, 0.2) is 41.4 Å². The molecule has 0 fully saturated rings. The fraction of sp³-hybridized carbons (Fsp3) is 0.250. The number of sulfonamides is 1. The zero-order valence-electron chi connectivity index (χ0n) is 13.4. The van der Waals surface area contributed by atoms with Gasteiger partial charge in [0.05, 0.1) is 27.2 Å². The van der Waals surface area contributed by atoms with Gasteiger partial charge in [-0.3, -0.25) is 4.98 Å². The quantitative estimate of drug-likeness (QED) is 0.876. The van der Waals surface area contributed by atoms with Crippen LogP contribution in [0.25, 0.3) is 0 Å². The van der Waals surface area contributed by atoms with Crippen molar-refractivity contribution in [2.24, 2.45) is 0 Å². The van der Waals surface area contributed by atoms with Crippen molar-refractivity contribution in [2.45, 2.75) is 24.8 Å². The van der Waals surface area contributed by atoms with Crippen LogP contribution in [0.1, 0.15) is 34.6 Å². The van der Waals surface area contributed by atoms with E-state index in [9.17, 15) is 18.3 Å². The van der Waals surface area contributed by atoms with Crippen molar-refractivity contribution >= 4 is 27.6 Å². The monoisotopic (exact) mass is 368 g/mol. The summed E-state index contributed by atoms with van der Waals surface area (Å²) in [6.45, 7) is 3.27. The molecule has 1 aromatic heterocycles. The van der Waals surface area contributed by atoms with Crippen LogP contribution >= 0.6 is 11.6 Å². The van der Waals surface area contributed by atoms with Gasteiger partial charge in [0.1, 0.15) is 0 Å². The van der Waals surface area contributed by atoms with Gasteiger partial charge in [0.25, 0.3) is 0 Å². The van der Waals surface area contributed by atoms with Gasteiger partial charge in [0.2, 0.25) is 10.0 Å². The smallest absolute Gasteiger partial charge is 0.337 e. The van der Waals surface area contributed by atoms with E-state index >= 15 is 0 Å². The summed E-state index contributed by atoms with van der Waals surface area (Å²) in [5.41, 5.74) is 0.732. The Bertz CT molecular complexity index is 869. The zero-order valence-corrected chi connectivity index (χ0v) is 15.0. The molecule has 128 valence electrons. The number of halogens is 1. The van der Waals surface area contributed by atoms with Crippen LogP contribution in [0.4, 0.5) is 0 Å². The average Bonchev–Trinajstić information content (AvgIpc) is 2.56. The summed E-state index contributed by atoms with van der Waals surface area (Å²) < 4.78 is 26.9. The number of rotatable bonds is 5. The minimum atomic E-state index is -3.91. The molecule has 0 amide bonds. The second kappa shape index (κ2) is 6.88. The fourth-order valence-electron chi connectivity index (χ4n) is 2.22. The van der Waals surface area contributed by atoms with Crippen LogP contribution < -0.4 is 0 Å². The summed E-state index contributed by atoms with van der Waals surface area (Å²) in [4.78, 5) is 15.3. The number of benzene rings is 1. The van der Waals surface area contributed by atoms with Crippen LogP contribution in [0, 0.1) is 6.92 Å². The number of aromatic carboxylic acids is 1. The predicted molar refractivity (Wildman–Crippen MR) is 90.7 cm³/mol. The van der Waals surface area contributed by atoms with Crippen molar-refractivity contribution in [3.63, 3.8) is 0 Å². The predicted octanol–water partition coefficient (Wildman–Crippen LogP) is 3.12. The van der Waals surface area contributed by atoms with Gasteiger partial charge in [-0.2, -0.15) is 4.31 Å². The van der Waals surface area contributed by atoms with Crippen molar-refractivity contribution in [3.05, 3.63) is 58.4 Å². The second-order valence-electron chi connectivity index (χ2n) is 5.36. The third-order valence-electron chi connectivity index (χ3n) is 3.80. The molecular formula is C16H17ClN2O4S. The molecule has 0 radical (unpaired) electrons. The normalized spacial score (nSPS) is 13.0. The Balaban J connectivity index is 2.49. The zero-order chi connectivity index (χ0) is 18.1. The Labute approximate surface area is 145 Å². The van der Waals surface area contributed by atoms with Crippen molar-refractivity contribution in [1.82, 2.24) is 9.29 Å². The molecule has 2 aromatic rings. The first-order valence-corrected chi connectivity index (χ1v) is 8.90. The van der Waals surface area contributed by atoms with Crippen molar-refractivity contribution in [2.75, 3.05) is 7.05 Å². The highest BCUT2D eigenvalue weighted by Gasteiger charge is 2.28. The maximum Gasteiger partial charge on any atom is 0.337 e. The van der Waals surface area contributed by atoms with Crippen molar-refractivity contribution in [3.8, 4) is 0 Å². The number of nitrogens with zero attached hydrogens (tertiary/aromatic N) is 2. The molecule has 24 heavy (non-hydrogen) atoms. The second-order valence-corrected chi connectivity index (χ2v) is 7.73. The molecule has 0 spiro atoms. The lowest BCUT2D eigenvalue weighted by atomic mass is 10.1. The first-order chi connectivity index (χ1) is 11.2. The van der Waals surface area contributed by atoms with E-state index in [0.717, 1.165) is 10.4 Å². The maximum absolute atomic E-state index is 12.8. The van der Waals surface area contributed by atoms with E-state index in [2.05, 4.69) is 4.98 Å². The molecule has 8 heteroatoms. The molecule has 6 nitrogen and oxygen atoms in total. The number of hydrogen-bond donors (Lipinski definition) is 1. The molecule has 1 aromatic carbocycles. The molecule has 0 aliphatic carbocycles. The summed E-state index contributed by atoms with van der Waals surface area (Å²) >= 11 is 5.95. The molecule has 0 aliphatic rings. The highest BCUT2D eigenvalue weighted by molar-refractivity contribution is 7.89. The fourth-order valence-corrected chi connectivity index (χ4v) is 3.86. The number of carboxylic acids is 1. The molecular weight excluding hydrogens is 352 g/mol. The van der Waals surface area contributed by atoms with Gasteiger partial charge in [0, 0.05) is 13.2 Å². The van der Waals surface area contributed by atoms with E-state index in [-0.39, 0.29) is 15.5 Å². The van der Waals surface area contributed by atoms with Crippen LogP contribution in [0.5, 0.6) is 0 Å². The minimum absolute atomic E-state index is 0.0295. The van der Waals surface area contributed by atoms with Gasteiger partial charge < -0.3 is 5.11 Å². The van der Waals surface area contributed by atoms with Gasteiger partial charge in [-0.05, 0) is 43.7 Å². The van der Waals surface area contributed by atoms with Crippen LogP contribution in [0.3, 0.4) is 0 Å². The summed E-state index contributed by atoms with van der Waals surface area (Å²) in [5, 5.41) is 9.23. The molecule has 0 saturated heterocycles. The molecule has 1 unspecified atom stereocenters. The lowest BCUT2D eigenvalue weighted by Crippen LogP contribution is -2.30. The third kappa shape index (κ3) is 3.43. The molecule has 1 atom stereocenters. The molecule has 0 saturated carbocycles. The third-order valence-corrected chi connectivity index (χ3v) is 6.20. The summed E-state index contributed by atoms with van der Waals surface area (Å²) in [7, 11) is -2.48. The molecule has 1 heterocycles. The number of carbonyl (C=O) groups is 1. The van der Waals surface area contributed by atoms with Crippen LogP contribution in [-0.2, 0) is 10.0 Å². The van der Waals surface area contributed by atoms with Crippen molar-refractivity contribution in [1.29, 1.82) is 0 Å². The van der Waals surface area contributed by atoms with E-state index in [0.29, 0.717) is 11.3 Å². The number of carboxylic acid groups (broad SMARTS) is 1. The highest BCUT2D eigenvalue weighted by Crippen LogP contribution is 2.29. The van der Waals surface area contributed by atoms with E-state index in [1.807, 2.05) is 0 Å². The van der Waals surface area contributed by atoms with Gasteiger partial charge in [0.15, 0.2) is 0 Å². The van der Waals surface area contributed by atoms with E-state index in [4.69, 9.17) is 11.6 Å². The Morgan fingerprint density at radius 3 is 2.54 bits per heavy atom. The Morgan fingerprint density at radius 2 is 2.00 bits per heavy atom. The molecule has 2 rings (SSSR count). The summed E-state index contributed by atoms with van der Waals surface area (Å²) in [5.74, 6) is -1.28. The maximum atomic E-state index is 12.8. The number of aromatic nitrogens is 1. The molecule has 1 N–H and O–H groups in total. The first-order valence-electron chi connectivity index (χ1n) is 7.08. The van der Waals surface area contributed by atoms with Gasteiger partial charge in [-0.25, -0.2) is 13.2 Å². The van der Waals surface area contributed by atoms with Gasteiger partial charge in [-0.1, -0.05) is 17.7 Å². The van der Waals surface area contributed by atoms with E-state index < -0.39 is 22.0 Å². The summed E-state index contributed by atoms with van der Waals surface area (Å²) in [6, 6.07) is 7.17. The Morgan fingerprint density at radius 1 is 1.33 bits per heavy atom. The minimum Gasteiger partial charge on any atom is -0.478 e. The van der Waals surface area contributed by atoms with Crippen LogP contribution in [-0.4, -0.2) is 35.8 Å². The topological polar surface area (TPSA) is 87.6 Å². The number of pyridine rings is 1. The van der Waals surface area contributed by atoms with Crippen LogP contribution in [0.2, 0.25) is 5.02 Å². The number of aryl methyl sites for hydroxylation is 1. The summed E-state index contributed by atoms with van der Waals surface area (Å²) in [6.07, 6.45) is 1.58. The van der Waals surface area contributed by atoms with Gasteiger partial charge >= 0.3 is 5.97 Å². The van der Waals surface area contributed by atoms with Crippen molar-refractivity contribution < 1.29 is 18.3 Å². The lowest BCUT2D eigenvalue weighted by molar-refractivity contribution is 0.0696. The Kier molecular flexibility index (Phi) is 5.27. The molecule has 0 bridgehead atoms. The molecule has 0 aliphatic heterocycles.